The third-order valence-corrected chi connectivity index (χ3v) is 1.34. The van der Waals surface area contributed by atoms with Gasteiger partial charge < -0.3 is 4.74 Å². The van der Waals surface area contributed by atoms with E-state index in [0.29, 0.717) is 6.07 Å². The van der Waals surface area contributed by atoms with Crippen LogP contribution in [0, 0.1) is 11.6 Å². The Morgan fingerprint density at radius 3 is 2.69 bits per heavy atom. The van der Waals surface area contributed by atoms with Gasteiger partial charge in [-0.3, -0.25) is 4.79 Å². The van der Waals surface area contributed by atoms with Gasteiger partial charge in [0.15, 0.2) is 18.2 Å². The van der Waals surface area contributed by atoms with E-state index in [2.05, 4.69) is 4.74 Å². The Hall–Kier alpha value is -1.16. The molecule has 0 amide bonds. The Morgan fingerprint density at radius 2 is 2.15 bits per heavy atom. The van der Waals surface area contributed by atoms with Crippen LogP contribution in [0.1, 0.15) is 0 Å². The summed E-state index contributed by atoms with van der Waals surface area (Å²) >= 11 is 4.95. The standard InChI is InChI=1S/C8H5ClF2O2/c9-8(12)4-13-7-2-1-5(10)3-6(7)11/h1-3H,4H2. The Labute approximate surface area is 78.1 Å². The number of carbonyl (C=O) groups excluding carboxylic acids is 1. The van der Waals surface area contributed by atoms with Crippen LogP contribution in [0.15, 0.2) is 18.2 Å². The molecule has 0 radical (unpaired) electrons. The molecule has 5 heteroatoms. The largest absolute Gasteiger partial charge is 0.481 e. The molecule has 0 heterocycles. The van der Waals surface area contributed by atoms with Crippen molar-refractivity contribution in [2.75, 3.05) is 6.61 Å². The quantitative estimate of drug-likeness (QED) is 0.708. The van der Waals surface area contributed by atoms with Crippen LogP contribution in [0.4, 0.5) is 8.78 Å². The molecule has 0 unspecified atom stereocenters. The summed E-state index contributed by atoms with van der Waals surface area (Å²) in [5.74, 6) is -1.77. The van der Waals surface area contributed by atoms with Gasteiger partial charge >= 0.3 is 0 Å². The van der Waals surface area contributed by atoms with E-state index in [1.807, 2.05) is 0 Å². The fourth-order valence-corrected chi connectivity index (χ4v) is 0.781. The van der Waals surface area contributed by atoms with E-state index in [-0.39, 0.29) is 5.75 Å². The second-order valence-electron chi connectivity index (χ2n) is 2.22. The maximum atomic E-state index is 12.8. The molecule has 2 nitrogen and oxygen atoms in total. The lowest BCUT2D eigenvalue weighted by Gasteiger charge is -2.03. The van der Waals surface area contributed by atoms with Gasteiger partial charge in [-0.25, -0.2) is 8.78 Å². The highest BCUT2D eigenvalue weighted by molar-refractivity contribution is 6.63. The molecular weight excluding hydrogens is 202 g/mol. The summed E-state index contributed by atoms with van der Waals surface area (Å²) in [6.45, 7) is -0.440. The Balaban J connectivity index is 2.72. The van der Waals surface area contributed by atoms with Crippen LogP contribution in [0.25, 0.3) is 0 Å². The second-order valence-corrected chi connectivity index (χ2v) is 2.64. The van der Waals surface area contributed by atoms with Crippen molar-refractivity contribution in [3.05, 3.63) is 29.8 Å². The second kappa shape index (κ2) is 4.18. The minimum absolute atomic E-state index is 0.199. The summed E-state index contributed by atoms with van der Waals surface area (Å²) in [6, 6.07) is 2.77. The first-order valence-corrected chi connectivity index (χ1v) is 3.73. The minimum Gasteiger partial charge on any atom is -0.481 e. The lowest BCUT2D eigenvalue weighted by Crippen LogP contribution is -2.05. The predicted octanol–water partition coefficient (Wildman–Crippen LogP) is 2.11. The average Bonchev–Trinajstić information content (AvgIpc) is 2.02. The Bertz CT molecular complexity index is 328. The maximum absolute atomic E-state index is 12.8. The molecule has 0 N–H and O–H groups in total. The molecule has 0 aliphatic heterocycles. The normalized spacial score (nSPS) is 9.77. The molecule has 1 aromatic carbocycles. The first-order valence-electron chi connectivity index (χ1n) is 3.36. The van der Waals surface area contributed by atoms with Crippen molar-refractivity contribution in [3.63, 3.8) is 0 Å². The van der Waals surface area contributed by atoms with Crippen LogP contribution >= 0.6 is 11.6 Å². The van der Waals surface area contributed by atoms with Crippen LogP contribution < -0.4 is 4.74 Å². The number of halogens is 3. The molecule has 0 atom stereocenters. The van der Waals surface area contributed by atoms with E-state index >= 15 is 0 Å². The topological polar surface area (TPSA) is 26.3 Å². The SMILES string of the molecule is O=C(Cl)COc1ccc(F)cc1F. The molecule has 0 aliphatic rings. The van der Waals surface area contributed by atoms with Gasteiger partial charge in [0.1, 0.15) is 5.82 Å². The van der Waals surface area contributed by atoms with Crippen molar-refractivity contribution in [2.24, 2.45) is 0 Å². The number of benzene rings is 1. The first-order chi connectivity index (χ1) is 6.09. The van der Waals surface area contributed by atoms with Crippen LogP contribution in [0.2, 0.25) is 0 Å². The van der Waals surface area contributed by atoms with Crippen molar-refractivity contribution in [1.29, 1.82) is 0 Å². The Kier molecular flexibility index (Phi) is 3.19. The predicted molar refractivity (Wildman–Crippen MR) is 42.7 cm³/mol. The highest BCUT2D eigenvalue weighted by Crippen LogP contribution is 2.17. The number of rotatable bonds is 3. The van der Waals surface area contributed by atoms with Gasteiger partial charge in [-0.15, -0.1) is 0 Å². The minimum atomic E-state index is -0.863. The molecule has 0 fully saturated rings. The van der Waals surface area contributed by atoms with Crippen molar-refractivity contribution in [1.82, 2.24) is 0 Å². The van der Waals surface area contributed by atoms with Crippen LogP contribution in [0.3, 0.4) is 0 Å². The summed E-state index contributed by atoms with van der Waals surface area (Å²) in [5.41, 5.74) is 0. The summed E-state index contributed by atoms with van der Waals surface area (Å²) in [7, 11) is 0. The first kappa shape index (κ1) is 9.92. The number of ether oxygens (including phenoxy) is 1. The van der Waals surface area contributed by atoms with Gasteiger partial charge in [0, 0.05) is 6.07 Å². The monoisotopic (exact) mass is 206 g/mol. The molecule has 1 aromatic rings. The van der Waals surface area contributed by atoms with Gasteiger partial charge in [-0.05, 0) is 23.7 Å². The van der Waals surface area contributed by atoms with E-state index in [1.165, 1.54) is 0 Å². The zero-order chi connectivity index (χ0) is 9.84. The third kappa shape index (κ3) is 2.99. The number of hydrogen-bond donors (Lipinski definition) is 0. The zero-order valence-electron chi connectivity index (χ0n) is 6.39. The fraction of sp³-hybridized carbons (Fsp3) is 0.125. The van der Waals surface area contributed by atoms with Crippen molar-refractivity contribution >= 4 is 16.8 Å². The Morgan fingerprint density at radius 1 is 1.46 bits per heavy atom. The molecule has 0 spiro atoms. The van der Waals surface area contributed by atoms with Crippen molar-refractivity contribution in [3.8, 4) is 5.75 Å². The molecule has 70 valence electrons. The van der Waals surface area contributed by atoms with Gasteiger partial charge in [0.25, 0.3) is 5.24 Å². The number of carbonyl (C=O) groups is 1. The molecule has 0 aromatic heterocycles. The fourth-order valence-electron chi connectivity index (χ4n) is 0.727. The smallest absolute Gasteiger partial charge is 0.259 e. The molecular formula is C8H5ClF2O2. The van der Waals surface area contributed by atoms with E-state index < -0.39 is 23.5 Å². The van der Waals surface area contributed by atoms with Crippen molar-refractivity contribution in [2.45, 2.75) is 0 Å². The van der Waals surface area contributed by atoms with E-state index in [0.717, 1.165) is 12.1 Å². The van der Waals surface area contributed by atoms with E-state index in [9.17, 15) is 13.6 Å². The summed E-state index contributed by atoms with van der Waals surface area (Å²) in [6.07, 6.45) is 0. The van der Waals surface area contributed by atoms with E-state index in [4.69, 9.17) is 11.6 Å². The highest BCUT2D eigenvalue weighted by atomic mass is 35.5. The van der Waals surface area contributed by atoms with Crippen LogP contribution in [-0.2, 0) is 4.79 Å². The molecule has 13 heavy (non-hydrogen) atoms. The van der Waals surface area contributed by atoms with Crippen LogP contribution in [-0.4, -0.2) is 11.8 Å². The lowest BCUT2D eigenvalue weighted by molar-refractivity contribution is -0.113. The maximum Gasteiger partial charge on any atom is 0.259 e. The van der Waals surface area contributed by atoms with Crippen molar-refractivity contribution < 1.29 is 18.3 Å². The van der Waals surface area contributed by atoms with Gasteiger partial charge in [-0.1, -0.05) is 0 Å². The number of hydrogen-bond acceptors (Lipinski definition) is 2. The zero-order valence-corrected chi connectivity index (χ0v) is 7.15. The average molecular weight is 207 g/mol. The van der Waals surface area contributed by atoms with Gasteiger partial charge in [0.2, 0.25) is 0 Å². The summed E-state index contributed by atoms with van der Waals surface area (Å²) < 4.78 is 29.8. The third-order valence-electron chi connectivity index (χ3n) is 1.24. The lowest BCUT2D eigenvalue weighted by atomic mass is 10.3. The molecule has 0 saturated carbocycles. The molecule has 0 saturated heterocycles. The molecule has 1 rings (SSSR count). The highest BCUT2D eigenvalue weighted by Gasteiger charge is 2.05. The molecule has 0 bridgehead atoms. The molecule has 0 aliphatic carbocycles. The summed E-state index contributed by atoms with van der Waals surface area (Å²) in [4.78, 5) is 10.2. The van der Waals surface area contributed by atoms with Crippen LogP contribution in [0.5, 0.6) is 5.75 Å². The van der Waals surface area contributed by atoms with Gasteiger partial charge in [-0.2, -0.15) is 0 Å². The summed E-state index contributed by atoms with van der Waals surface area (Å²) in [5, 5.41) is -0.747. The van der Waals surface area contributed by atoms with E-state index in [1.54, 1.807) is 0 Å². The van der Waals surface area contributed by atoms with Gasteiger partial charge in [0.05, 0.1) is 0 Å².